The third kappa shape index (κ3) is 15.2. The summed E-state index contributed by atoms with van der Waals surface area (Å²) in [5, 5.41) is 27.4. The molecule has 0 unspecified atom stereocenters. The van der Waals surface area contributed by atoms with E-state index < -0.39 is 0 Å². The summed E-state index contributed by atoms with van der Waals surface area (Å²) in [6.45, 7) is 8.81. The Kier molecular flexibility index (Phi) is 20.8. The number of allylic oxidation sites excluding steroid dienone is 4. The van der Waals surface area contributed by atoms with Gasteiger partial charge in [-0.05, 0) is 79.8 Å². The summed E-state index contributed by atoms with van der Waals surface area (Å²) in [4.78, 5) is 22.4. The average molecular weight is 698 g/mol. The molecule has 9 nitrogen and oxygen atoms in total. The zero-order chi connectivity index (χ0) is 35.2. The van der Waals surface area contributed by atoms with Crippen LogP contribution in [0.2, 0.25) is 5.02 Å². The van der Waals surface area contributed by atoms with Crippen LogP contribution < -0.4 is 32.4 Å². The van der Waals surface area contributed by atoms with Crippen LogP contribution in [0.4, 0.5) is 0 Å². The summed E-state index contributed by atoms with van der Waals surface area (Å²) >= 11 is 8.35. The highest BCUT2D eigenvalue weighted by Crippen LogP contribution is 2.37. The predicted octanol–water partition coefficient (Wildman–Crippen LogP) is 6.96. The highest BCUT2D eigenvalue weighted by molar-refractivity contribution is 8.01. The topological polar surface area (TPSA) is 186 Å². The highest BCUT2D eigenvalue weighted by atomic mass is 35.5. The summed E-state index contributed by atoms with van der Waals surface area (Å²) in [6, 6.07) is 21.3. The van der Waals surface area contributed by atoms with Gasteiger partial charge in [0.1, 0.15) is 0 Å². The van der Waals surface area contributed by atoms with Crippen molar-refractivity contribution in [3.05, 3.63) is 104 Å². The quantitative estimate of drug-likeness (QED) is 0.0962. The number of amides is 2. The Morgan fingerprint density at radius 3 is 1.81 bits per heavy atom. The second-order valence-corrected chi connectivity index (χ2v) is 12.4. The van der Waals surface area contributed by atoms with Crippen LogP contribution in [0, 0.1) is 23.2 Å². The van der Waals surface area contributed by atoms with Crippen molar-refractivity contribution in [2.45, 2.75) is 66.5 Å². The number of carbonyl (C=O) groups excluding carboxylic acids is 2. The molecule has 3 aromatic carbocycles. The van der Waals surface area contributed by atoms with Gasteiger partial charge in [0.25, 0.3) is 0 Å². The van der Waals surface area contributed by atoms with Gasteiger partial charge in [0.05, 0.1) is 11.6 Å². The van der Waals surface area contributed by atoms with E-state index in [1.165, 1.54) is 60.4 Å². The number of fused-ring (bicyclic) bond motifs is 1. The Morgan fingerprint density at radius 1 is 0.830 bits per heavy atom. The van der Waals surface area contributed by atoms with Crippen LogP contribution in [-0.2, 0) is 22.7 Å². The molecule has 0 atom stereocenters. The molecule has 0 aliphatic heterocycles. The van der Waals surface area contributed by atoms with Crippen molar-refractivity contribution in [3.63, 3.8) is 0 Å². The molecule has 47 heavy (non-hydrogen) atoms. The summed E-state index contributed by atoms with van der Waals surface area (Å²) < 4.78 is 0. The van der Waals surface area contributed by atoms with E-state index in [1.54, 1.807) is 18.2 Å². The van der Waals surface area contributed by atoms with Gasteiger partial charge in [-0.1, -0.05) is 97.9 Å². The number of rotatable bonds is 10. The Hall–Kier alpha value is -3.66. The van der Waals surface area contributed by atoms with Crippen molar-refractivity contribution in [1.82, 2.24) is 10.6 Å². The standard InChI is InChI=1S/C12H11NO.C9H7ClN2O.2C6H12N2S.C2H6/c14-9-13-8-11-6-3-5-10-4-1-2-7-12(10)11;10-9-3-1-2-7(4-11)8(9)5-12-6-13;2*1-4(9-8)6(7)5-2-3-5;1-2/h1-7,9H,8H2,(H,13,14);1-3,6H,5H2,(H,12,13);2*5H,2-3,7-8H2,1H3;1-2H3/b;;2*6-4-;. The number of carbonyl (C=O) groups is 2. The molecule has 10 N–H and O–H groups in total. The van der Waals surface area contributed by atoms with Crippen molar-refractivity contribution in [2.75, 3.05) is 0 Å². The minimum atomic E-state index is 0.284. The van der Waals surface area contributed by atoms with Gasteiger partial charge in [-0.15, -0.1) is 0 Å². The molecule has 0 aromatic heterocycles. The fourth-order valence-corrected chi connectivity index (χ4v) is 4.93. The molecule has 2 amide bonds. The van der Waals surface area contributed by atoms with Crippen LogP contribution in [0.1, 0.15) is 70.1 Å². The molecule has 12 heteroatoms. The van der Waals surface area contributed by atoms with Crippen molar-refractivity contribution >= 4 is 59.1 Å². The van der Waals surface area contributed by atoms with Gasteiger partial charge in [0.2, 0.25) is 12.8 Å². The molecule has 2 aliphatic carbocycles. The van der Waals surface area contributed by atoms with Crippen molar-refractivity contribution in [2.24, 2.45) is 33.6 Å². The molecular formula is C35H48ClN7O2S2. The third-order valence-corrected chi connectivity index (χ3v) is 8.59. The minimum Gasteiger partial charge on any atom is -0.401 e. The molecule has 0 heterocycles. The third-order valence-electron chi connectivity index (χ3n) is 7.06. The number of hydrogen-bond acceptors (Lipinski definition) is 9. The summed E-state index contributed by atoms with van der Waals surface area (Å²) in [5.41, 5.74) is 15.7. The van der Waals surface area contributed by atoms with Crippen molar-refractivity contribution in [3.8, 4) is 6.07 Å². The smallest absolute Gasteiger partial charge is 0.207 e. The molecule has 254 valence electrons. The minimum absolute atomic E-state index is 0.284. The van der Waals surface area contributed by atoms with Gasteiger partial charge in [0, 0.05) is 44.9 Å². The number of hydrogen-bond donors (Lipinski definition) is 6. The summed E-state index contributed by atoms with van der Waals surface area (Å²) in [6.07, 6.45) is 6.31. The lowest BCUT2D eigenvalue weighted by Gasteiger charge is -2.04. The first kappa shape index (κ1) is 41.4. The first-order valence-corrected chi connectivity index (χ1v) is 17.5. The molecular weight excluding hydrogens is 650 g/mol. The number of nitrogens with one attached hydrogen (secondary N) is 2. The Bertz CT molecular complexity index is 1480. The molecule has 2 fully saturated rings. The van der Waals surface area contributed by atoms with Crippen LogP contribution in [-0.4, -0.2) is 12.8 Å². The van der Waals surface area contributed by atoms with Crippen LogP contribution in [0.5, 0.6) is 0 Å². The van der Waals surface area contributed by atoms with Gasteiger partial charge in [-0.2, -0.15) is 5.26 Å². The molecule has 0 saturated heterocycles. The van der Waals surface area contributed by atoms with E-state index in [0.29, 0.717) is 40.9 Å². The number of halogens is 1. The molecule has 5 rings (SSSR count). The Morgan fingerprint density at radius 2 is 1.32 bits per heavy atom. The molecule has 3 aromatic rings. The number of benzene rings is 3. The van der Waals surface area contributed by atoms with E-state index in [-0.39, 0.29) is 6.54 Å². The summed E-state index contributed by atoms with van der Waals surface area (Å²) in [5.74, 6) is 1.31. The van der Waals surface area contributed by atoms with Gasteiger partial charge in [-0.25, -0.2) is 0 Å². The van der Waals surface area contributed by atoms with Gasteiger partial charge in [-0.3, -0.25) is 19.9 Å². The second kappa shape index (κ2) is 23.6. The zero-order valence-corrected chi connectivity index (χ0v) is 30.0. The molecule has 0 spiro atoms. The molecule has 2 saturated carbocycles. The number of nitrogens with zero attached hydrogens (tertiary/aromatic N) is 1. The van der Waals surface area contributed by atoms with E-state index >= 15 is 0 Å². The maximum Gasteiger partial charge on any atom is 0.207 e. The zero-order valence-electron chi connectivity index (χ0n) is 27.6. The van der Waals surface area contributed by atoms with Crippen LogP contribution >= 0.6 is 35.5 Å². The van der Waals surface area contributed by atoms with Gasteiger partial charge >= 0.3 is 0 Å². The fraction of sp³-hybridized carbons (Fsp3) is 0.343. The predicted molar refractivity (Wildman–Crippen MR) is 200 cm³/mol. The Balaban J connectivity index is 0.000000313. The normalized spacial score (nSPS) is 13.8. The monoisotopic (exact) mass is 697 g/mol. The van der Waals surface area contributed by atoms with E-state index in [4.69, 9.17) is 38.6 Å². The first-order chi connectivity index (χ1) is 22.7. The van der Waals surface area contributed by atoms with E-state index in [9.17, 15) is 9.59 Å². The lowest BCUT2D eigenvalue weighted by molar-refractivity contribution is -0.110. The lowest BCUT2D eigenvalue weighted by Crippen LogP contribution is -2.11. The molecule has 0 radical (unpaired) electrons. The van der Waals surface area contributed by atoms with Crippen LogP contribution in [0.15, 0.2) is 81.9 Å². The van der Waals surface area contributed by atoms with Crippen LogP contribution in [0.3, 0.4) is 0 Å². The number of nitrogens with two attached hydrogens (primary N) is 4. The lowest BCUT2D eigenvalue weighted by atomic mass is 10.0. The van der Waals surface area contributed by atoms with Crippen molar-refractivity contribution in [1.29, 1.82) is 5.26 Å². The SMILES string of the molecule is C/C(SN)=C(/N)C1CC1.C/C(SN)=C(/N)C1CC1.CC.N#Cc1cccc(Cl)c1CNC=O.O=CNCc1cccc2ccccc12. The van der Waals surface area contributed by atoms with Crippen molar-refractivity contribution < 1.29 is 9.59 Å². The highest BCUT2D eigenvalue weighted by Gasteiger charge is 2.25. The largest absolute Gasteiger partial charge is 0.401 e. The fourth-order valence-electron chi connectivity index (χ4n) is 4.08. The summed E-state index contributed by atoms with van der Waals surface area (Å²) in [7, 11) is 0. The van der Waals surface area contributed by atoms with Gasteiger partial charge < -0.3 is 22.1 Å². The Labute approximate surface area is 293 Å². The van der Waals surface area contributed by atoms with Crippen LogP contribution in [0.25, 0.3) is 10.8 Å². The maximum atomic E-state index is 10.2. The maximum absolute atomic E-state index is 10.2. The molecule has 2 aliphatic rings. The first-order valence-electron chi connectivity index (χ1n) is 15.4. The van der Waals surface area contributed by atoms with E-state index in [2.05, 4.69) is 28.8 Å². The molecule has 0 bridgehead atoms. The van der Waals surface area contributed by atoms with Gasteiger partial charge in [0.15, 0.2) is 0 Å². The number of nitriles is 1. The van der Waals surface area contributed by atoms with E-state index in [1.807, 2.05) is 58.0 Å². The average Bonchev–Trinajstić information content (AvgIpc) is 4.05. The van der Waals surface area contributed by atoms with E-state index in [0.717, 1.165) is 33.2 Å². The second-order valence-electron chi connectivity index (χ2n) is 10.3.